The molecular weight excluding hydrogens is 304 g/mol. The van der Waals surface area contributed by atoms with E-state index in [-0.39, 0.29) is 0 Å². The number of ether oxygens (including phenoxy) is 1. The molecule has 128 valence electrons. The van der Waals surface area contributed by atoms with Crippen LogP contribution in [0.2, 0.25) is 0 Å². The molecule has 0 N–H and O–H groups in total. The molecule has 0 saturated carbocycles. The predicted molar refractivity (Wildman–Crippen MR) is 108 cm³/mol. The Morgan fingerprint density at radius 1 is 1.00 bits per heavy atom. The van der Waals surface area contributed by atoms with Crippen molar-refractivity contribution in [2.45, 2.75) is 32.1 Å². The van der Waals surface area contributed by atoms with Crippen LogP contribution in [0.15, 0.2) is 78.4 Å². The lowest BCUT2D eigenvalue weighted by Gasteiger charge is -2.17. The van der Waals surface area contributed by atoms with Gasteiger partial charge in [-0.05, 0) is 66.5 Å². The van der Waals surface area contributed by atoms with Crippen LogP contribution in [-0.2, 0) is 0 Å². The molecular formula is C24H26O. The lowest BCUT2D eigenvalue weighted by atomic mass is 9.89. The molecule has 25 heavy (non-hydrogen) atoms. The third-order valence-corrected chi connectivity index (χ3v) is 4.61. The Kier molecular flexibility index (Phi) is 6.28. The maximum atomic E-state index is 5.30. The first-order valence-corrected chi connectivity index (χ1v) is 9.12. The quantitative estimate of drug-likeness (QED) is 0.574. The van der Waals surface area contributed by atoms with Crippen LogP contribution < -0.4 is 4.74 Å². The Bertz CT molecular complexity index is 748. The fraction of sp³-hybridized carbons (Fsp3) is 0.250. The topological polar surface area (TPSA) is 9.23 Å². The van der Waals surface area contributed by atoms with Crippen LogP contribution in [0.4, 0.5) is 0 Å². The monoisotopic (exact) mass is 330 g/mol. The van der Waals surface area contributed by atoms with Gasteiger partial charge in [0.25, 0.3) is 0 Å². The van der Waals surface area contributed by atoms with Gasteiger partial charge in [0.1, 0.15) is 5.75 Å². The summed E-state index contributed by atoms with van der Waals surface area (Å²) in [5.74, 6) is 0.907. The zero-order valence-corrected chi connectivity index (χ0v) is 14.9. The summed E-state index contributed by atoms with van der Waals surface area (Å²) in [6.07, 6.45) is 15.1. The molecule has 3 rings (SSSR count). The summed E-state index contributed by atoms with van der Waals surface area (Å²) in [6, 6.07) is 18.9. The summed E-state index contributed by atoms with van der Waals surface area (Å²) >= 11 is 0. The third-order valence-electron chi connectivity index (χ3n) is 4.61. The smallest absolute Gasteiger partial charge is 0.118 e. The summed E-state index contributed by atoms with van der Waals surface area (Å²) in [4.78, 5) is 0. The van der Waals surface area contributed by atoms with Crippen molar-refractivity contribution in [2.24, 2.45) is 0 Å². The van der Waals surface area contributed by atoms with Gasteiger partial charge in [-0.1, -0.05) is 66.8 Å². The van der Waals surface area contributed by atoms with E-state index in [0.29, 0.717) is 0 Å². The van der Waals surface area contributed by atoms with Gasteiger partial charge in [-0.15, -0.1) is 0 Å². The molecule has 0 amide bonds. The summed E-state index contributed by atoms with van der Waals surface area (Å²) in [5.41, 5.74) is 5.39. The van der Waals surface area contributed by atoms with Crippen LogP contribution in [0.25, 0.3) is 11.6 Å². The number of rotatable bonds is 6. The Hall–Kier alpha value is -2.54. The van der Waals surface area contributed by atoms with Crippen molar-refractivity contribution in [3.05, 3.63) is 89.5 Å². The van der Waals surface area contributed by atoms with E-state index in [2.05, 4.69) is 66.8 Å². The molecule has 0 atom stereocenters. The molecule has 2 aromatic carbocycles. The Morgan fingerprint density at radius 2 is 1.80 bits per heavy atom. The molecule has 0 heterocycles. The van der Waals surface area contributed by atoms with Crippen molar-refractivity contribution in [3.63, 3.8) is 0 Å². The molecule has 0 fully saturated rings. The zero-order chi connectivity index (χ0) is 17.3. The maximum absolute atomic E-state index is 5.30. The second-order valence-electron chi connectivity index (χ2n) is 6.37. The molecule has 0 spiro atoms. The van der Waals surface area contributed by atoms with Gasteiger partial charge < -0.3 is 4.74 Å². The van der Waals surface area contributed by atoms with Crippen molar-refractivity contribution in [2.75, 3.05) is 7.11 Å². The average molecular weight is 330 g/mol. The number of methoxy groups -OCH3 is 1. The minimum absolute atomic E-state index is 0.907. The number of hydrogen-bond acceptors (Lipinski definition) is 1. The van der Waals surface area contributed by atoms with E-state index in [1.54, 1.807) is 7.11 Å². The van der Waals surface area contributed by atoms with Crippen LogP contribution in [0, 0.1) is 0 Å². The van der Waals surface area contributed by atoms with Gasteiger partial charge in [0, 0.05) is 0 Å². The standard InChI is InChI=1S/C24H26O/c1-25-23-18-16-22(17-19-23)24(21-13-6-3-7-14-21)15-9-8-12-20-10-4-2-5-11-20/h2,4-5,8,10-13,15-19H,3,6-7,9,14H2,1H3/b12-8+,24-15-. The van der Waals surface area contributed by atoms with E-state index in [1.165, 1.54) is 48.0 Å². The first-order chi connectivity index (χ1) is 12.4. The second kappa shape index (κ2) is 9.08. The van der Waals surface area contributed by atoms with E-state index >= 15 is 0 Å². The van der Waals surface area contributed by atoms with Crippen LogP contribution in [0.1, 0.15) is 43.2 Å². The summed E-state index contributed by atoms with van der Waals surface area (Å²) in [6.45, 7) is 0. The van der Waals surface area contributed by atoms with Gasteiger partial charge >= 0.3 is 0 Å². The Balaban J connectivity index is 1.80. The van der Waals surface area contributed by atoms with Gasteiger partial charge in [0.15, 0.2) is 0 Å². The molecule has 1 aliphatic rings. The first kappa shape index (κ1) is 17.3. The van der Waals surface area contributed by atoms with Crippen molar-refractivity contribution in [3.8, 4) is 5.75 Å². The molecule has 0 unspecified atom stereocenters. The Morgan fingerprint density at radius 3 is 2.48 bits per heavy atom. The molecule has 0 bridgehead atoms. The maximum Gasteiger partial charge on any atom is 0.118 e. The van der Waals surface area contributed by atoms with Crippen LogP contribution >= 0.6 is 0 Å². The zero-order valence-electron chi connectivity index (χ0n) is 14.9. The lowest BCUT2D eigenvalue weighted by molar-refractivity contribution is 0.415. The highest BCUT2D eigenvalue weighted by atomic mass is 16.5. The summed E-state index contributed by atoms with van der Waals surface area (Å²) in [7, 11) is 1.71. The number of allylic oxidation sites excluding steroid dienone is 5. The largest absolute Gasteiger partial charge is 0.497 e. The number of benzene rings is 2. The predicted octanol–water partition coefficient (Wildman–Crippen LogP) is 6.68. The van der Waals surface area contributed by atoms with Gasteiger partial charge in [-0.2, -0.15) is 0 Å². The van der Waals surface area contributed by atoms with E-state index in [9.17, 15) is 0 Å². The van der Waals surface area contributed by atoms with Crippen LogP contribution in [0.5, 0.6) is 5.75 Å². The molecule has 1 aliphatic carbocycles. The highest BCUT2D eigenvalue weighted by molar-refractivity contribution is 5.79. The van der Waals surface area contributed by atoms with E-state index in [0.717, 1.165) is 12.2 Å². The van der Waals surface area contributed by atoms with E-state index < -0.39 is 0 Å². The normalized spacial score (nSPS) is 15.2. The lowest BCUT2D eigenvalue weighted by Crippen LogP contribution is -1.96. The molecule has 1 heteroatoms. The van der Waals surface area contributed by atoms with Crippen molar-refractivity contribution in [1.82, 2.24) is 0 Å². The highest BCUT2D eigenvalue weighted by Gasteiger charge is 2.10. The van der Waals surface area contributed by atoms with Gasteiger partial charge in [-0.25, -0.2) is 0 Å². The fourth-order valence-electron chi connectivity index (χ4n) is 3.24. The summed E-state index contributed by atoms with van der Waals surface area (Å²) in [5, 5.41) is 0. The van der Waals surface area contributed by atoms with Crippen LogP contribution in [0.3, 0.4) is 0 Å². The van der Waals surface area contributed by atoms with Crippen molar-refractivity contribution >= 4 is 11.6 Å². The molecule has 0 aliphatic heterocycles. The minimum Gasteiger partial charge on any atom is -0.497 e. The van der Waals surface area contributed by atoms with E-state index in [1.807, 2.05) is 12.1 Å². The highest BCUT2D eigenvalue weighted by Crippen LogP contribution is 2.32. The first-order valence-electron chi connectivity index (χ1n) is 9.12. The van der Waals surface area contributed by atoms with Gasteiger partial charge in [0.05, 0.1) is 7.11 Å². The SMILES string of the molecule is COc1ccc(/C(=C\C/C=C/c2ccccc2)C2=CCCCC2)cc1. The molecule has 1 nitrogen and oxygen atoms in total. The van der Waals surface area contributed by atoms with Crippen molar-refractivity contribution in [1.29, 1.82) is 0 Å². The van der Waals surface area contributed by atoms with Gasteiger partial charge in [0.2, 0.25) is 0 Å². The third kappa shape index (κ3) is 4.96. The van der Waals surface area contributed by atoms with Gasteiger partial charge in [-0.3, -0.25) is 0 Å². The fourth-order valence-corrected chi connectivity index (χ4v) is 3.24. The molecule has 0 aromatic heterocycles. The second-order valence-corrected chi connectivity index (χ2v) is 6.37. The molecule has 2 aromatic rings. The minimum atomic E-state index is 0.907. The van der Waals surface area contributed by atoms with E-state index in [4.69, 9.17) is 4.74 Å². The molecule has 0 radical (unpaired) electrons. The van der Waals surface area contributed by atoms with Crippen molar-refractivity contribution < 1.29 is 4.74 Å². The molecule has 0 saturated heterocycles. The Labute approximate surface area is 151 Å². The summed E-state index contributed by atoms with van der Waals surface area (Å²) < 4.78 is 5.30. The average Bonchev–Trinajstić information content (AvgIpc) is 2.70. The van der Waals surface area contributed by atoms with Crippen LogP contribution in [-0.4, -0.2) is 7.11 Å². The number of hydrogen-bond donors (Lipinski definition) is 0.